The Hall–Kier alpha value is -1.75. The molecule has 1 heterocycles. The molecule has 2 aromatic rings. The van der Waals surface area contributed by atoms with Crippen LogP contribution in [0.15, 0.2) is 24.4 Å². The van der Waals surface area contributed by atoms with Gasteiger partial charge in [-0.1, -0.05) is 24.8 Å². The van der Waals surface area contributed by atoms with Crippen molar-refractivity contribution >= 4 is 10.9 Å². The highest BCUT2D eigenvalue weighted by atomic mass is 15.1. The highest BCUT2D eigenvalue weighted by Crippen LogP contribution is 2.14. The third-order valence-corrected chi connectivity index (χ3v) is 1.88. The molecule has 1 aromatic carbocycles. The van der Waals surface area contributed by atoms with Gasteiger partial charge < -0.3 is 0 Å². The predicted octanol–water partition coefficient (Wildman–Crippen LogP) is 2.32. The summed E-state index contributed by atoms with van der Waals surface area (Å²) in [6.45, 7) is 2.04. The summed E-state index contributed by atoms with van der Waals surface area (Å²) in [5.74, 6) is 6.17. The Kier molecular flexibility index (Phi) is 2.01. The lowest BCUT2D eigenvalue weighted by Crippen LogP contribution is -1.75. The molecule has 2 heteroatoms. The Balaban J connectivity index is 2.61. The lowest BCUT2D eigenvalue weighted by Gasteiger charge is -1.91. The van der Waals surface area contributed by atoms with Crippen LogP contribution in [0.2, 0.25) is 0 Å². The second-order valence-corrected chi connectivity index (χ2v) is 2.79. The number of hydrogen-bond donors (Lipinski definition) is 1. The summed E-state index contributed by atoms with van der Waals surface area (Å²) in [6, 6.07) is 6.00. The molecule has 0 bridgehead atoms. The molecule has 0 saturated carbocycles. The highest BCUT2D eigenvalue weighted by Gasteiger charge is 1.97. The van der Waals surface area contributed by atoms with Gasteiger partial charge in [0.1, 0.15) is 0 Å². The van der Waals surface area contributed by atoms with Crippen LogP contribution in [0, 0.1) is 11.8 Å². The van der Waals surface area contributed by atoms with Crippen molar-refractivity contribution in [2.75, 3.05) is 0 Å². The average molecular weight is 170 g/mol. The van der Waals surface area contributed by atoms with E-state index < -0.39 is 0 Å². The van der Waals surface area contributed by atoms with Crippen molar-refractivity contribution in [1.29, 1.82) is 0 Å². The van der Waals surface area contributed by atoms with Gasteiger partial charge in [0.05, 0.1) is 11.7 Å². The zero-order valence-electron chi connectivity index (χ0n) is 7.46. The Morgan fingerprint density at radius 1 is 1.46 bits per heavy atom. The third kappa shape index (κ3) is 1.41. The third-order valence-electron chi connectivity index (χ3n) is 1.88. The van der Waals surface area contributed by atoms with Gasteiger partial charge in [0, 0.05) is 17.4 Å². The second kappa shape index (κ2) is 3.32. The summed E-state index contributed by atoms with van der Waals surface area (Å²) in [5.41, 5.74) is 2.09. The van der Waals surface area contributed by atoms with E-state index in [0.717, 1.165) is 22.9 Å². The average Bonchev–Trinajstić information content (AvgIpc) is 2.62. The number of fused-ring (bicyclic) bond motifs is 1. The fourth-order valence-electron chi connectivity index (χ4n) is 1.26. The minimum absolute atomic E-state index is 0.883. The van der Waals surface area contributed by atoms with Gasteiger partial charge in [-0.3, -0.25) is 5.10 Å². The van der Waals surface area contributed by atoms with E-state index in [1.807, 2.05) is 31.3 Å². The van der Waals surface area contributed by atoms with Crippen LogP contribution in [-0.4, -0.2) is 10.2 Å². The Morgan fingerprint density at radius 2 is 2.38 bits per heavy atom. The zero-order chi connectivity index (χ0) is 9.10. The van der Waals surface area contributed by atoms with Crippen molar-refractivity contribution in [2.24, 2.45) is 0 Å². The van der Waals surface area contributed by atoms with Gasteiger partial charge in [0.25, 0.3) is 0 Å². The first-order valence-electron chi connectivity index (χ1n) is 4.33. The molecule has 1 aromatic heterocycles. The second-order valence-electron chi connectivity index (χ2n) is 2.79. The lowest BCUT2D eigenvalue weighted by molar-refractivity contribution is 1.12. The molecule has 0 spiro atoms. The molecule has 0 unspecified atom stereocenters. The summed E-state index contributed by atoms with van der Waals surface area (Å²) in [7, 11) is 0. The summed E-state index contributed by atoms with van der Waals surface area (Å²) in [6.07, 6.45) is 2.70. The van der Waals surface area contributed by atoms with Crippen molar-refractivity contribution in [2.45, 2.75) is 13.3 Å². The molecular weight excluding hydrogens is 160 g/mol. The van der Waals surface area contributed by atoms with E-state index in [9.17, 15) is 0 Å². The number of H-pyrrole nitrogens is 1. The van der Waals surface area contributed by atoms with Crippen molar-refractivity contribution in [1.82, 2.24) is 10.2 Å². The minimum Gasteiger partial charge on any atom is -0.278 e. The van der Waals surface area contributed by atoms with Crippen LogP contribution in [0.3, 0.4) is 0 Å². The molecule has 0 fully saturated rings. The van der Waals surface area contributed by atoms with Crippen molar-refractivity contribution < 1.29 is 0 Å². The maximum Gasteiger partial charge on any atom is 0.0662 e. The summed E-state index contributed by atoms with van der Waals surface area (Å²) >= 11 is 0. The van der Waals surface area contributed by atoms with Crippen LogP contribution >= 0.6 is 0 Å². The van der Waals surface area contributed by atoms with Crippen LogP contribution in [0.1, 0.15) is 18.9 Å². The number of rotatable bonds is 0. The van der Waals surface area contributed by atoms with Crippen molar-refractivity contribution in [3.63, 3.8) is 0 Å². The van der Waals surface area contributed by atoms with Gasteiger partial charge in [-0.2, -0.15) is 5.10 Å². The molecule has 0 radical (unpaired) electrons. The normalized spacial score (nSPS) is 9.62. The van der Waals surface area contributed by atoms with E-state index in [2.05, 4.69) is 22.0 Å². The molecule has 2 nitrogen and oxygen atoms in total. The largest absolute Gasteiger partial charge is 0.278 e. The van der Waals surface area contributed by atoms with Crippen molar-refractivity contribution in [3.05, 3.63) is 30.0 Å². The fourth-order valence-corrected chi connectivity index (χ4v) is 1.26. The van der Waals surface area contributed by atoms with Gasteiger partial charge in [-0.05, 0) is 12.1 Å². The van der Waals surface area contributed by atoms with Gasteiger partial charge in [-0.25, -0.2) is 0 Å². The molecule has 2 rings (SSSR count). The molecule has 13 heavy (non-hydrogen) atoms. The smallest absolute Gasteiger partial charge is 0.0662 e. The van der Waals surface area contributed by atoms with E-state index >= 15 is 0 Å². The molecule has 0 atom stereocenters. The number of nitrogens with one attached hydrogen (secondary N) is 1. The van der Waals surface area contributed by atoms with E-state index in [4.69, 9.17) is 0 Å². The van der Waals surface area contributed by atoms with E-state index in [1.165, 1.54) is 0 Å². The Bertz CT molecular complexity index is 471. The topological polar surface area (TPSA) is 28.7 Å². The highest BCUT2D eigenvalue weighted by molar-refractivity contribution is 5.84. The monoisotopic (exact) mass is 170 g/mol. The molecule has 64 valence electrons. The van der Waals surface area contributed by atoms with Gasteiger partial charge >= 0.3 is 0 Å². The molecule has 0 saturated heterocycles. The maximum absolute atomic E-state index is 3.98. The number of aromatic amines is 1. The standard InChI is InChI=1S/C11H10N2/c1-2-3-5-9-6-4-7-11-10(9)8-12-13-11/h4,6-8H,2H2,1H3,(H,12,13). The van der Waals surface area contributed by atoms with E-state index in [1.54, 1.807) is 0 Å². The molecular formula is C11H10N2. The first-order chi connectivity index (χ1) is 6.42. The number of benzene rings is 1. The fraction of sp³-hybridized carbons (Fsp3) is 0.182. The lowest BCUT2D eigenvalue weighted by atomic mass is 10.1. The molecule has 0 aliphatic rings. The van der Waals surface area contributed by atoms with Crippen LogP contribution in [-0.2, 0) is 0 Å². The zero-order valence-corrected chi connectivity index (χ0v) is 7.46. The van der Waals surface area contributed by atoms with Gasteiger partial charge in [0.15, 0.2) is 0 Å². The quantitative estimate of drug-likeness (QED) is 0.604. The van der Waals surface area contributed by atoms with E-state index in [0.29, 0.717) is 0 Å². The molecule has 1 N–H and O–H groups in total. The minimum atomic E-state index is 0.883. The molecule has 0 aliphatic carbocycles. The summed E-state index contributed by atoms with van der Waals surface area (Å²) < 4.78 is 0. The van der Waals surface area contributed by atoms with Crippen LogP contribution < -0.4 is 0 Å². The number of hydrogen-bond acceptors (Lipinski definition) is 1. The molecule has 0 aliphatic heterocycles. The van der Waals surface area contributed by atoms with Crippen molar-refractivity contribution in [3.8, 4) is 11.8 Å². The summed E-state index contributed by atoms with van der Waals surface area (Å²) in [4.78, 5) is 0. The SMILES string of the molecule is CCC#Cc1cccc2[nH]ncc12. The first-order valence-corrected chi connectivity index (χ1v) is 4.33. The van der Waals surface area contributed by atoms with E-state index in [-0.39, 0.29) is 0 Å². The van der Waals surface area contributed by atoms with Gasteiger partial charge in [-0.15, -0.1) is 0 Å². The Labute approximate surface area is 77.0 Å². The van der Waals surface area contributed by atoms with Crippen LogP contribution in [0.5, 0.6) is 0 Å². The number of aromatic nitrogens is 2. The number of nitrogens with zero attached hydrogens (tertiary/aromatic N) is 1. The van der Waals surface area contributed by atoms with Gasteiger partial charge in [0.2, 0.25) is 0 Å². The Morgan fingerprint density at radius 3 is 3.23 bits per heavy atom. The van der Waals surface area contributed by atoms with Crippen LogP contribution in [0.4, 0.5) is 0 Å². The van der Waals surface area contributed by atoms with Crippen LogP contribution in [0.25, 0.3) is 10.9 Å². The molecule has 0 amide bonds. The summed E-state index contributed by atoms with van der Waals surface area (Å²) in [5, 5.41) is 8.00. The first kappa shape index (κ1) is 7.88. The predicted molar refractivity (Wildman–Crippen MR) is 53.3 cm³/mol. The maximum atomic E-state index is 3.98.